The summed E-state index contributed by atoms with van der Waals surface area (Å²) in [4.78, 5) is 12.8. The van der Waals surface area contributed by atoms with E-state index in [0.29, 0.717) is 14.7 Å². The SMILES string of the molecule is O=C(OCCO)C(F)(F)S(=O)(=O)OS(c1ccccc1)(c1ccccc1)c1ccccc1. The molecule has 32 heavy (non-hydrogen) atoms. The zero-order valence-electron chi connectivity index (χ0n) is 16.6. The molecular formula is C22H20F2O6S2. The number of benzene rings is 3. The number of esters is 1. The van der Waals surface area contributed by atoms with Gasteiger partial charge in [-0.1, -0.05) is 54.6 Å². The van der Waals surface area contributed by atoms with E-state index in [1.807, 2.05) is 0 Å². The Labute approximate surface area is 186 Å². The third-order valence-corrected chi connectivity index (χ3v) is 9.43. The van der Waals surface area contributed by atoms with Crippen molar-refractivity contribution in [2.45, 2.75) is 19.9 Å². The van der Waals surface area contributed by atoms with Crippen LogP contribution in [-0.4, -0.2) is 38.0 Å². The number of aliphatic hydroxyl groups is 1. The van der Waals surface area contributed by atoms with Crippen molar-refractivity contribution in [1.29, 1.82) is 0 Å². The Morgan fingerprint density at radius 2 is 1.16 bits per heavy atom. The Hall–Kier alpha value is -2.79. The third-order valence-electron chi connectivity index (χ3n) is 4.29. The molecule has 0 heterocycles. The van der Waals surface area contributed by atoms with Gasteiger partial charge in [0, 0.05) is 14.7 Å². The average molecular weight is 483 g/mol. The van der Waals surface area contributed by atoms with Crippen LogP contribution in [0.1, 0.15) is 0 Å². The number of carbonyl (C=O) groups excluding carboxylic acids is 1. The molecule has 0 saturated heterocycles. The molecule has 0 aliphatic carbocycles. The van der Waals surface area contributed by atoms with Gasteiger partial charge in [0.1, 0.15) is 6.61 Å². The first-order valence-electron chi connectivity index (χ1n) is 9.36. The first kappa shape index (κ1) is 23.9. The van der Waals surface area contributed by atoms with E-state index >= 15 is 0 Å². The first-order valence-corrected chi connectivity index (χ1v) is 12.3. The van der Waals surface area contributed by atoms with Crippen molar-refractivity contribution in [3.05, 3.63) is 91.0 Å². The van der Waals surface area contributed by atoms with Crippen molar-refractivity contribution in [3.63, 3.8) is 0 Å². The van der Waals surface area contributed by atoms with Crippen LogP contribution in [0.25, 0.3) is 0 Å². The van der Waals surface area contributed by atoms with Crippen LogP contribution in [0.2, 0.25) is 0 Å². The number of rotatable bonds is 9. The van der Waals surface area contributed by atoms with E-state index in [1.165, 1.54) is 0 Å². The molecule has 0 bridgehead atoms. The fraction of sp³-hybridized carbons (Fsp3) is 0.136. The van der Waals surface area contributed by atoms with Crippen LogP contribution in [0.15, 0.2) is 106 Å². The van der Waals surface area contributed by atoms with Gasteiger partial charge in [0.05, 0.1) is 6.61 Å². The lowest BCUT2D eigenvalue weighted by atomic mass is 10.4. The lowest BCUT2D eigenvalue weighted by Crippen LogP contribution is -2.41. The molecular weight excluding hydrogens is 462 g/mol. The van der Waals surface area contributed by atoms with Crippen molar-refractivity contribution in [1.82, 2.24) is 0 Å². The molecule has 6 nitrogen and oxygen atoms in total. The highest BCUT2D eigenvalue weighted by molar-refractivity contribution is 8.33. The molecule has 0 fully saturated rings. The van der Waals surface area contributed by atoms with Gasteiger partial charge >= 0.3 is 21.3 Å². The summed E-state index contributed by atoms with van der Waals surface area (Å²) in [6.07, 6.45) is 0. The highest BCUT2D eigenvalue weighted by Gasteiger charge is 2.58. The normalized spacial score (nSPS) is 12.8. The molecule has 0 atom stereocenters. The number of hydrogen-bond acceptors (Lipinski definition) is 6. The molecule has 0 spiro atoms. The standard InChI is InChI=1S/C22H20F2O6S2/c23-22(24,21(26)29-17-16-25)32(27,28)30-31(18-10-4-1-5-11-18,19-12-6-2-7-13-19)20-14-8-3-9-15-20/h1-15,25H,16-17H2. The highest BCUT2D eigenvalue weighted by atomic mass is 32.3. The van der Waals surface area contributed by atoms with E-state index < -0.39 is 44.9 Å². The number of carbonyl (C=O) groups is 1. The van der Waals surface area contributed by atoms with Gasteiger partial charge in [-0.15, -0.1) is 0 Å². The number of ether oxygens (including phenoxy) is 1. The summed E-state index contributed by atoms with van der Waals surface area (Å²) in [7, 11) is -9.10. The van der Waals surface area contributed by atoms with Gasteiger partial charge in [0.2, 0.25) is 0 Å². The molecule has 3 aromatic rings. The Bertz CT molecular complexity index is 1040. The van der Waals surface area contributed by atoms with E-state index in [-0.39, 0.29) is 0 Å². The maximum Gasteiger partial charge on any atom is 0.466 e. The van der Waals surface area contributed by atoms with Crippen molar-refractivity contribution in [2.24, 2.45) is 0 Å². The van der Waals surface area contributed by atoms with Crippen LogP contribution in [-0.2, 0) is 23.3 Å². The predicted molar refractivity (Wildman–Crippen MR) is 115 cm³/mol. The molecule has 3 aromatic carbocycles. The molecule has 3 rings (SSSR count). The smallest absolute Gasteiger partial charge is 0.458 e. The van der Waals surface area contributed by atoms with Gasteiger partial charge in [-0.25, -0.2) is 8.42 Å². The second kappa shape index (κ2) is 9.78. The summed E-state index contributed by atoms with van der Waals surface area (Å²) in [5, 5.41) is 3.72. The van der Waals surface area contributed by atoms with Crippen LogP contribution >= 0.6 is 10.3 Å². The van der Waals surface area contributed by atoms with E-state index in [4.69, 9.17) is 8.74 Å². The fourth-order valence-corrected chi connectivity index (χ4v) is 7.92. The highest BCUT2D eigenvalue weighted by Crippen LogP contribution is 2.70. The van der Waals surface area contributed by atoms with Gasteiger partial charge in [0.25, 0.3) is 0 Å². The summed E-state index contributed by atoms with van der Waals surface area (Å²) in [5.41, 5.74) is 0. The van der Waals surface area contributed by atoms with Crippen molar-refractivity contribution < 1.29 is 35.5 Å². The summed E-state index contributed by atoms with van der Waals surface area (Å²) in [6.45, 7) is -1.52. The largest absolute Gasteiger partial charge is 0.466 e. The van der Waals surface area contributed by atoms with E-state index in [2.05, 4.69) is 4.74 Å². The van der Waals surface area contributed by atoms with Gasteiger partial charge in [0.15, 0.2) is 0 Å². The number of hydrogen-bond donors (Lipinski definition) is 1. The molecule has 1 N–H and O–H groups in total. The summed E-state index contributed by atoms with van der Waals surface area (Å²) in [6, 6.07) is 24.3. The molecule has 0 unspecified atom stereocenters. The maximum absolute atomic E-state index is 14.7. The zero-order chi connectivity index (χ0) is 23.2. The van der Waals surface area contributed by atoms with Gasteiger partial charge in [-0.3, -0.25) is 0 Å². The Balaban J connectivity index is 2.25. The molecule has 0 radical (unpaired) electrons. The molecule has 0 aliphatic heterocycles. The lowest BCUT2D eigenvalue weighted by Gasteiger charge is -2.39. The zero-order valence-corrected chi connectivity index (χ0v) is 18.3. The lowest BCUT2D eigenvalue weighted by molar-refractivity contribution is -0.162. The van der Waals surface area contributed by atoms with Crippen LogP contribution in [0.5, 0.6) is 0 Å². The molecule has 0 saturated carbocycles. The van der Waals surface area contributed by atoms with Crippen molar-refractivity contribution >= 4 is 26.4 Å². The molecule has 0 amide bonds. The van der Waals surface area contributed by atoms with Crippen LogP contribution < -0.4 is 0 Å². The maximum atomic E-state index is 14.7. The van der Waals surface area contributed by atoms with Gasteiger partial charge in [-0.2, -0.15) is 17.2 Å². The Morgan fingerprint density at radius 1 is 0.781 bits per heavy atom. The molecule has 170 valence electrons. The topological polar surface area (TPSA) is 89.9 Å². The monoisotopic (exact) mass is 482 g/mol. The predicted octanol–water partition coefficient (Wildman–Crippen LogP) is 4.36. The van der Waals surface area contributed by atoms with Crippen molar-refractivity contribution in [2.75, 3.05) is 13.2 Å². The van der Waals surface area contributed by atoms with Gasteiger partial charge in [-0.05, 0) is 46.7 Å². The molecule has 10 heteroatoms. The quantitative estimate of drug-likeness (QED) is 0.456. The number of aliphatic hydroxyl groups excluding tert-OH is 1. The average Bonchev–Trinajstić information content (AvgIpc) is 2.82. The van der Waals surface area contributed by atoms with Crippen LogP contribution in [0.3, 0.4) is 0 Å². The van der Waals surface area contributed by atoms with E-state index in [0.717, 1.165) is 0 Å². The van der Waals surface area contributed by atoms with Crippen LogP contribution in [0, 0.1) is 0 Å². The summed E-state index contributed by atoms with van der Waals surface area (Å²) >= 11 is 0. The fourth-order valence-electron chi connectivity index (χ4n) is 2.86. The van der Waals surface area contributed by atoms with Crippen molar-refractivity contribution in [3.8, 4) is 0 Å². The number of halogens is 2. The van der Waals surface area contributed by atoms with E-state index in [9.17, 15) is 22.0 Å². The number of alkyl halides is 2. The van der Waals surface area contributed by atoms with Crippen LogP contribution in [0.4, 0.5) is 8.78 Å². The second-order valence-corrected chi connectivity index (χ2v) is 10.9. The minimum absolute atomic E-state index is 0.334. The molecule has 0 aromatic heterocycles. The third kappa shape index (κ3) is 4.53. The Kier molecular flexibility index (Phi) is 7.29. The second-order valence-electron chi connectivity index (χ2n) is 6.39. The summed E-state index contributed by atoms with van der Waals surface area (Å²) in [5.74, 6) is -2.32. The minimum atomic E-state index is -5.84. The molecule has 0 aliphatic rings. The Morgan fingerprint density at radius 3 is 1.50 bits per heavy atom. The minimum Gasteiger partial charge on any atom is -0.458 e. The van der Waals surface area contributed by atoms with Gasteiger partial charge < -0.3 is 9.84 Å². The van der Waals surface area contributed by atoms with E-state index in [1.54, 1.807) is 91.0 Å². The first-order chi connectivity index (χ1) is 15.3. The summed E-state index contributed by atoms with van der Waals surface area (Å²) < 4.78 is 64.8.